The van der Waals surface area contributed by atoms with Crippen molar-refractivity contribution >= 4 is 65.6 Å². The largest absolute Gasteiger partial charge is 0.456 e. The van der Waals surface area contributed by atoms with Gasteiger partial charge in [0, 0.05) is 32.6 Å². The van der Waals surface area contributed by atoms with Crippen LogP contribution in [0.4, 0.5) is 0 Å². The van der Waals surface area contributed by atoms with Gasteiger partial charge < -0.3 is 13.6 Å². The van der Waals surface area contributed by atoms with Crippen molar-refractivity contribution in [3.8, 4) is 22.5 Å². The Bertz CT molecular complexity index is 3150. The Morgan fingerprint density at radius 2 is 1.00 bits per heavy atom. The van der Waals surface area contributed by atoms with E-state index < -0.39 is 0 Å². The Labute approximate surface area is 313 Å². The number of benzene rings is 7. The number of rotatable bonds is 4. The van der Waals surface area contributed by atoms with Gasteiger partial charge in [0.25, 0.3) is 0 Å². The van der Waals surface area contributed by atoms with Gasteiger partial charge in [0.05, 0.1) is 33.1 Å². The van der Waals surface area contributed by atoms with E-state index in [4.69, 9.17) is 4.42 Å². The summed E-state index contributed by atoms with van der Waals surface area (Å²) in [6.45, 7) is 0. The summed E-state index contributed by atoms with van der Waals surface area (Å²) < 4.78 is 11.3. The highest BCUT2D eigenvalue weighted by atomic mass is 16.3. The molecule has 4 saturated carbocycles. The lowest BCUT2D eigenvalue weighted by Crippen LogP contribution is -2.31. The molecule has 7 aromatic carbocycles. The number of fused-ring (bicyclic) bond motifs is 9. The Morgan fingerprint density at radius 1 is 0.444 bits per heavy atom. The van der Waals surface area contributed by atoms with Crippen LogP contribution in [0.25, 0.3) is 88.1 Å². The summed E-state index contributed by atoms with van der Waals surface area (Å²) in [6.07, 6.45) is 7.18. The van der Waals surface area contributed by atoms with Crippen LogP contribution < -0.4 is 0 Å². The van der Waals surface area contributed by atoms with E-state index in [0.717, 1.165) is 45.4 Å². The fourth-order valence-electron chi connectivity index (χ4n) is 12.1. The van der Waals surface area contributed by atoms with Gasteiger partial charge in [-0.25, -0.2) is 0 Å². The minimum absolute atomic E-state index is 0.414. The van der Waals surface area contributed by atoms with Crippen LogP contribution >= 0.6 is 0 Å². The maximum Gasteiger partial charge on any atom is 0.137 e. The summed E-state index contributed by atoms with van der Waals surface area (Å²) in [6, 6.07) is 56.2. The molecule has 0 spiro atoms. The average Bonchev–Trinajstić information content (AvgIpc) is 3.99. The molecule has 3 nitrogen and oxygen atoms in total. The highest BCUT2D eigenvalue weighted by Gasteiger charge is 2.56. The third kappa shape index (κ3) is 3.82. The third-order valence-corrected chi connectivity index (χ3v) is 14.0. The SMILES string of the molecule is c1ccc2c(c1)oc1cccc(-n3c4ccccc4c4c(-c5cccc6c5c5ccccc5n6-c5ccc(C67CC8CC(C6)C(C8)C7)cc5)cccc43)c12. The fourth-order valence-corrected chi connectivity index (χ4v) is 12.1. The lowest BCUT2D eigenvalue weighted by Gasteiger charge is -2.39. The molecule has 4 aliphatic carbocycles. The Hall–Kier alpha value is -6.06. The van der Waals surface area contributed by atoms with Crippen molar-refractivity contribution in [1.29, 1.82) is 0 Å². The molecule has 2 unspecified atom stereocenters. The van der Waals surface area contributed by atoms with Crippen LogP contribution in [-0.4, -0.2) is 9.13 Å². The van der Waals surface area contributed by atoms with Crippen LogP contribution in [-0.2, 0) is 5.41 Å². The van der Waals surface area contributed by atoms with Gasteiger partial charge >= 0.3 is 0 Å². The van der Waals surface area contributed by atoms with Crippen molar-refractivity contribution < 1.29 is 4.42 Å². The van der Waals surface area contributed by atoms with Gasteiger partial charge in [0.1, 0.15) is 11.2 Å². The molecule has 0 amide bonds. The monoisotopic (exact) mass is 694 g/mol. The zero-order chi connectivity index (χ0) is 35.1. The van der Waals surface area contributed by atoms with Crippen molar-refractivity contribution in [1.82, 2.24) is 9.13 Å². The Kier molecular flexibility index (Phi) is 5.74. The maximum atomic E-state index is 6.38. The molecule has 10 aromatic rings. The molecule has 0 saturated heterocycles. The molecule has 3 heteroatoms. The van der Waals surface area contributed by atoms with E-state index in [-0.39, 0.29) is 0 Å². The number of para-hydroxylation sites is 3. The van der Waals surface area contributed by atoms with Gasteiger partial charge in [-0.05, 0) is 127 Å². The summed E-state index contributed by atoms with van der Waals surface area (Å²) in [5.74, 6) is 2.89. The topological polar surface area (TPSA) is 23.0 Å². The van der Waals surface area contributed by atoms with Gasteiger partial charge in [-0.3, -0.25) is 0 Å². The zero-order valence-electron chi connectivity index (χ0n) is 30.0. The van der Waals surface area contributed by atoms with E-state index in [9.17, 15) is 0 Å². The van der Waals surface area contributed by atoms with E-state index in [0.29, 0.717) is 5.41 Å². The second kappa shape index (κ2) is 10.5. The maximum absolute atomic E-state index is 6.38. The minimum Gasteiger partial charge on any atom is -0.456 e. The van der Waals surface area contributed by atoms with Crippen molar-refractivity contribution in [3.63, 3.8) is 0 Å². The molecule has 4 aliphatic rings. The lowest BCUT2D eigenvalue weighted by atomic mass is 9.66. The van der Waals surface area contributed by atoms with Crippen LogP contribution in [0.3, 0.4) is 0 Å². The van der Waals surface area contributed by atoms with Crippen LogP contribution in [0.1, 0.15) is 37.7 Å². The first-order chi connectivity index (χ1) is 26.7. The summed E-state index contributed by atoms with van der Waals surface area (Å²) in [4.78, 5) is 0. The normalized spacial score (nSPS) is 22.0. The molecule has 0 aliphatic heterocycles. The molecule has 14 rings (SSSR count). The number of aromatic nitrogens is 2. The first-order valence-corrected chi connectivity index (χ1v) is 19.8. The molecule has 2 atom stereocenters. The highest BCUT2D eigenvalue weighted by molar-refractivity contribution is 6.23. The van der Waals surface area contributed by atoms with Crippen LogP contribution in [0.2, 0.25) is 0 Å². The van der Waals surface area contributed by atoms with E-state index in [1.165, 1.54) is 92.5 Å². The predicted octanol–water partition coefficient (Wildman–Crippen LogP) is 13.5. The summed E-state index contributed by atoms with van der Waals surface area (Å²) in [5, 5.41) is 7.38. The first kappa shape index (κ1) is 29.4. The van der Waals surface area contributed by atoms with Crippen molar-refractivity contribution in [3.05, 3.63) is 157 Å². The minimum atomic E-state index is 0.414. The molecule has 54 heavy (non-hydrogen) atoms. The molecule has 3 aromatic heterocycles. The van der Waals surface area contributed by atoms with Crippen LogP contribution in [0.15, 0.2) is 156 Å². The van der Waals surface area contributed by atoms with Crippen molar-refractivity contribution in [2.75, 3.05) is 0 Å². The van der Waals surface area contributed by atoms with Gasteiger partial charge in [-0.2, -0.15) is 0 Å². The quantitative estimate of drug-likeness (QED) is 0.180. The van der Waals surface area contributed by atoms with E-state index in [1.54, 1.807) is 5.56 Å². The number of hydrogen-bond acceptors (Lipinski definition) is 1. The molecular formula is C51H38N2O. The fraction of sp³-hybridized carbons (Fsp3) is 0.176. The second-order valence-corrected chi connectivity index (χ2v) is 16.7. The van der Waals surface area contributed by atoms with Gasteiger partial charge in [0.2, 0.25) is 0 Å². The van der Waals surface area contributed by atoms with Crippen LogP contribution in [0, 0.1) is 17.8 Å². The first-order valence-electron chi connectivity index (χ1n) is 19.8. The molecule has 4 fully saturated rings. The number of nitrogens with zero attached hydrogens (tertiary/aromatic N) is 2. The third-order valence-electron chi connectivity index (χ3n) is 14.0. The highest BCUT2D eigenvalue weighted by Crippen LogP contribution is 2.64. The summed E-state index contributed by atoms with van der Waals surface area (Å²) in [5.41, 5.74) is 13.6. The standard InChI is InChI=1S/C51H38N2O/c1-4-15-41-38(10-1)48-36(13-7-17-43(48)52(41)35-24-22-34(23-25-35)51-28-31-26-32(29-51)33(27-31)30-51)37-14-8-18-44-49(37)39-11-2-5-16-42(39)53(44)45-19-9-21-47-50(45)40-12-3-6-20-46(40)54-47/h1-25,31-33H,26-30H2. The molecular weight excluding hydrogens is 657 g/mol. The van der Waals surface area contributed by atoms with E-state index in [1.807, 2.05) is 6.07 Å². The smallest absolute Gasteiger partial charge is 0.137 e. The number of furan rings is 1. The lowest BCUT2D eigenvalue weighted by molar-refractivity contribution is 0.229. The summed E-state index contributed by atoms with van der Waals surface area (Å²) in [7, 11) is 0. The average molecular weight is 695 g/mol. The van der Waals surface area contributed by atoms with Gasteiger partial charge in [-0.15, -0.1) is 0 Å². The number of hydrogen-bond donors (Lipinski definition) is 0. The second-order valence-electron chi connectivity index (χ2n) is 16.7. The van der Waals surface area contributed by atoms with Crippen molar-refractivity contribution in [2.24, 2.45) is 17.8 Å². The molecule has 3 heterocycles. The molecule has 4 bridgehead atoms. The Balaban J connectivity index is 1.04. The van der Waals surface area contributed by atoms with E-state index in [2.05, 4.69) is 155 Å². The van der Waals surface area contributed by atoms with Gasteiger partial charge in [0.15, 0.2) is 0 Å². The predicted molar refractivity (Wildman–Crippen MR) is 223 cm³/mol. The Morgan fingerprint density at radius 3 is 1.69 bits per heavy atom. The zero-order valence-corrected chi connectivity index (χ0v) is 30.0. The summed E-state index contributed by atoms with van der Waals surface area (Å²) >= 11 is 0. The molecule has 0 N–H and O–H groups in total. The molecule has 258 valence electrons. The molecule has 0 radical (unpaired) electrons. The van der Waals surface area contributed by atoms with Crippen LogP contribution in [0.5, 0.6) is 0 Å². The van der Waals surface area contributed by atoms with Gasteiger partial charge in [-0.1, -0.05) is 97.1 Å². The van der Waals surface area contributed by atoms with Crippen molar-refractivity contribution in [2.45, 2.75) is 37.5 Å². The van der Waals surface area contributed by atoms with E-state index >= 15 is 0 Å².